The van der Waals surface area contributed by atoms with Crippen LogP contribution in [0.15, 0.2) is 59.8 Å². The molecule has 1 saturated heterocycles. The van der Waals surface area contributed by atoms with Crippen molar-refractivity contribution in [2.45, 2.75) is 30.7 Å². The molecule has 1 aliphatic heterocycles. The van der Waals surface area contributed by atoms with E-state index in [0.29, 0.717) is 42.1 Å². The second-order valence-corrected chi connectivity index (χ2v) is 10.6. The molecular weight excluding hydrogens is 436 g/mol. The van der Waals surface area contributed by atoms with Gasteiger partial charge in [0.15, 0.2) is 0 Å². The number of piperazine rings is 1. The van der Waals surface area contributed by atoms with Crippen molar-refractivity contribution in [3.05, 3.63) is 71.8 Å². The standard InChI is InChI=1S/C24H26N6O2S/c31-33(32,23-16-26-24-20(23)9-5-11-25-24)29-14-12-28(13-15-29)17-21-19-8-4-10-22(19)30(27-21)18-6-2-1-3-7-18/h1-3,5-7,9,11,16H,4,8,10,12-15,17H2,(H,25,26). The second kappa shape index (κ2) is 8.09. The van der Waals surface area contributed by atoms with Gasteiger partial charge in [0.05, 0.1) is 11.4 Å². The third-order valence-electron chi connectivity index (χ3n) is 6.75. The fourth-order valence-electron chi connectivity index (χ4n) is 5.05. The molecular formula is C24H26N6O2S. The van der Waals surface area contributed by atoms with Crippen molar-refractivity contribution in [3.8, 4) is 5.69 Å². The van der Waals surface area contributed by atoms with Crippen LogP contribution in [0.25, 0.3) is 16.7 Å². The van der Waals surface area contributed by atoms with E-state index in [0.717, 1.165) is 30.8 Å². The molecule has 0 radical (unpaired) electrons. The molecule has 170 valence electrons. The molecule has 0 saturated carbocycles. The lowest BCUT2D eigenvalue weighted by Gasteiger charge is -2.33. The normalized spacial score (nSPS) is 17.6. The smallest absolute Gasteiger partial charge is 0.245 e. The van der Waals surface area contributed by atoms with Crippen LogP contribution in [0, 0.1) is 0 Å². The highest BCUT2D eigenvalue weighted by Crippen LogP contribution is 2.29. The summed E-state index contributed by atoms with van der Waals surface area (Å²) in [4.78, 5) is 9.82. The van der Waals surface area contributed by atoms with Crippen LogP contribution in [-0.2, 0) is 29.4 Å². The Morgan fingerprint density at radius 3 is 2.61 bits per heavy atom. The predicted molar refractivity (Wildman–Crippen MR) is 126 cm³/mol. The van der Waals surface area contributed by atoms with E-state index in [1.807, 2.05) is 18.2 Å². The summed E-state index contributed by atoms with van der Waals surface area (Å²) in [5, 5.41) is 5.61. The molecule has 6 rings (SSSR count). The van der Waals surface area contributed by atoms with E-state index in [2.05, 4.69) is 31.7 Å². The van der Waals surface area contributed by atoms with Crippen molar-refractivity contribution in [2.75, 3.05) is 26.2 Å². The van der Waals surface area contributed by atoms with Crippen LogP contribution in [0.1, 0.15) is 23.4 Å². The molecule has 33 heavy (non-hydrogen) atoms. The average Bonchev–Trinajstić information content (AvgIpc) is 3.57. The fraction of sp³-hybridized carbons (Fsp3) is 0.333. The first kappa shape index (κ1) is 20.6. The summed E-state index contributed by atoms with van der Waals surface area (Å²) in [7, 11) is -3.57. The zero-order valence-electron chi connectivity index (χ0n) is 18.3. The van der Waals surface area contributed by atoms with E-state index in [-0.39, 0.29) is 0 Å². The van der Waals surface area contributed by atoms with Crippen LogP contribution >= 0.6 is 0 Å². The van der Waals surface area contributed by atoms with Crippen LogP contribution in [-0.4, -0.2) is 63.6 Å². The number of nitrogens with one attached hydrogen (secondary N) is 1. The molecule has 9 heteroatoms. The minimum Gasteiger partial charge on any atom is -0.345 e. The molecule has 0 amide bonds. The number of para-hydroxylation sites is 1. The zero-order chi connectivity index (χ0) is 22.4. The van der Waals surface area contributed by atoms with Gasteiger partial charge in [-0.2, -0.15) is 9.40 Å². The van der Waals surface area contributed by atoms with Crippen LogP contribution in [0.3, 0.4) is 0 Å². The van der Waals surface area contributed by atoms with Crippen molar-refractivity contribution in [2.24, 2.45) is 0 Å². The quantitative estimate of drug-likeness (QED) is 0.493. The molecule has 1 aliphatic carbocycles. The SMILES string of the molecule is O=S(=O)(c1c[nH]c2ncccc12)N1CCN(Cc2nn(-c3ccccc3)c3c2CCC3)CC1. The summed E-state index contributed by atoms with van der Waals surface area (Å²) in [6, 6.07) is 13.9. The third kappa shape index (κ3) is 3.56. The molecule has 0 atom stereocenters. The van der Waals surface area contributed by atoms with Crippen molar-refractivity contribution in [1.82, 2.24) is 29.0 Å². The molecule has 3 aromatic heterocycles. The summed E-state index contributed by atoms with van der Waals surface area (Å²) in [5.41, 5.74) is 5.53. The first-order valence-corrected chi connectivity index (χ1v) is 12.8. The molecule has 1 aromatic carbocycles. The Morgan fingerprint density at radius 2 is 1.79 bits per heavy atom. The number of benzene rings is 1. The van der Waals surface area contributed by atoms with E-state index in [9.17, 15) is 8.42 Å². The van der Waals surface area contributed by atoms with Crippen LogP contribution < -0.4 is 0 Å². The fourth-order valence-corrected chi connectivity index (χ4v) is 6.62. The van der Waals surface area contributed by atoms with Gasteiger partial charge >= 0.3 is 0 Å². The number of rotatable bonds is 5. The van der Waals surface area contributed by atoms with E-state index < -0.39 is 10.0 Å². The lowest BCUT2D eigenvalue weighted by Crippen LogP contribution is -2.48. The number of aromatic nitrogens is 4. The Labute approximate surface area is 192 Å². The van der Waals surface area contributed by atoms with Crippen LogP contribution in [0.4, 0.5) is 0 Å². The summed E-state index contributed by atoms with van der Waals surface area (Å²) in [6.07, 6.45) is 6.50. The maximum atomic E-state index is 13.3. The van der Waals surface area contributed by atoms with Gasteiger partial charge in [0.25, 0.3) is 0 Å². The van der Waals surface area contributed by atoms with E-state index in [1.54, 1.807) is 28.8 Å². The number of hydrogen-bond acceptors (Lipinski definition) is 5. The number of nitrogens with zero attached hydrogens (tertiary/aromatic N) is 5. The van der Waals surface area contributed by atoms with E-state index >= 15 is 0 Å². The van der Waals surface area contributed by atoms with Crippen LogP contribution in [0.2, 0.25) is 0 Å². The maximum absolute atomic E-state index is 13.3. The van der Waals surface area contributed by atoms with E-state index in [4.69, 9.17) is 5.10 Å². The van der Waals surface area contributed by atoms with Gasteiger partial charge in [-0.15, -0.1) is 0 Å². The predicted octanol–water partition coefficient (Wildman–Crippen LogP) is 2.74. The van der Waals surface area contributed by atoms with Gasteiger partial charge in [0.2, 0.25) is 10.0 Å². The Bertz CT molecular complexity index is 1400. The largest absolute Gasteiger partial charge is 0.345 e. The first-order valence-electron chi connectivity index (χ1n) is 11.4. The molecule has 0 unspecified atom stereocenters. The number of fused-ring (bicyclic) bond motifs is 2. The summed E-state index contributed by atoms with van der Waals surface area (Å²) in [6.45, 7) is 3.07. The first-order chi connectivity index (χ1) is 16.1. The highest BCUT2D eigenvalue weighted by Gasteiger charge is 2.32. The number of hydrogen-bond donors (Lipinski definition) is 1. The molecule has 0 bridgehead atoms. The third-order valence-corrected chi connectivity index (χ3v) is 8.69. The average molecular weight is 463 g/mol. The molecule has 1 fully saturated rings. The molecule has 4 heterocycles. The molecule has 4 aromatic rings. The highest BCUT2D eigenvalue weighted by atomic mass is 32.2. The molecule has 8 nitrogen and oxygen atoms in total. The van der Waals surface area contributed by atoms with Gasteiger partial charge in [-0.3, -0.25) is 4.90 Å². The Balaban J connectivity index is 1.18. The second-order valence-electron chi connectivity index (χ2n) is 8.71. The van der Waals surface area contributed by atoms with Crippen LogP contribution in [0.5, 0.6) is 0 Å². The van der Waals surface area contributed by atoms with Gasteiger partial charge in [0.1, 0.15) is 10.5 Å². The minimum atomic E-state index is -3.57. The lowest BCUT2D eigenvalue weighted by atomic mass is 10.2. The summed E-state index contributed by atoms with van der Waals surface area (Å²) < 4.78 is 30.3. The van der Waals surface area contributed by atoms with Gasteiger partial charge in [0, 0.05) is 56.2 Å². The van der Waals surface area contributed by atoms with Gasteiger partial charge < -0.3 is 4.98 Å². The topological polar surface area (TPSA) is 87.1 Å². The Hall–Kier alpha value is -3.01. The lowest BCUT2D eigenvalue weighted by molar-refractivity contribution is 0.179. The zero-order valence-corrected chi connectivity index (χ0v) is 19.1. The molecule has 1 N–H and O–H groups in total. The summed E-state index contributed by atoms with van der Waals surface area (Å²) >= 11 is 0. The van der Waals surface area contributed by atoms with Crippen molar-refractivity contribution in [3.63, 3.8) is 0 Å². The van der Waals surface area contributed by atoms with Gasteiger partial charge in [-0.05, 0) is 49.1 Å². The molecule has 2 aliphatic rings. The van der Waals surface area contributed by atoms with Crippen molar-refractivity contribution >= 4 is 21.1 Å². The van der Waals surface area contributed by atoms with Gasteiger partial charge in [-0.1, -0.05) is 18.2 Å². The Morgan fingerprint density at radius 1 is 0.970 bits per heavy atom. The minimum absolute atomic E-state index is 0.304. The van der Waals surface area contributed by atoms with Crippen molar-refractivity contribution in [1.29, 1.82) is 0 Å². The van der Waals surface area contributed by atoms with Gasteiger partial charge in [-0.25, -0.2) is 18.1 Å². The molecule has 0 spiro atoms. The number of pyridine rings is 1. The Kier molecular flexibility index (Phi) is 5.05. The maximum Gasteiger partial charge on any atom is 0.245 e. The van der Waals surface area contributed by atoms with Crippen molar-refractivity contribution < 1.29 is 8.42 Å². The summed E-state index contributed by atoms with van der Waals surface area (Å²) in [5.74, 6) is 0. The number of sulfonamides is 1. The number of H-pyrrole nitrogens is 1. The van der Waals surface area contributed by atoms with E-state index in [1.165, 1.54) is 17.7 Å². The monoisotopic (exact) mass is 462 g/mol. The number of aromatic amines is 1. The highest BCUT2D eigenvalue weighted by molar-refractivity contribution is 7.89.